The van der Waals surface area contributed by atoms with Gasteiger partial charge in [0.15, 0.2) is 6.54 Å². The average Bonchev–Trinajstić information content (AvgIpc) is 2.56. The summed E-state index contributed by atoms with van der Waals surface area (Å²) < 4.78 is 13.5. The minimum atomic E-state index is -0.188. The van der Waals surface area contributed by atoms with Gasteiger partial charge in [0.2, 0.25) is 0 Å². The minimum Gasteiger partial charge on any atom is -0.351 e. The number of benzene rings is 1. The summed E-state index contributed by atoms with van der Waals surface area (Å²) in [5.74, 6) is 1.66. The highest BCUT2D eigenvalue weighted by Gasteiger charge is 2.34. The van der Waals surface area contributed by atoms with Crippen LogP contribution >= 0.6 is 0 Å². The molecule has 0 aromatic heterocycles. The predicted molar refractivity (Wildman–Crippen MR) is 88.7 cm³/mol. The molecule has 0 bridgehead atoms. The van der Waals surface area contributed by atoms with Crippen molar-refractivity contribution < 1.29 is 14.1 Å². The van der Waals surface area contributed by atoms with Crippen LogP contribution in [-0.2, 0) is 11.2 Å². The molecule has 3 nitrogen and oxygen atoms in total. The molecule has 3 rings (SSSR count). The van der Waals surface area contributed by atoms with Gasteiger partial charge in [-0.15, -0.1) is 0 Å². The summed E-state index contributed by atoms with van der Waals surface area (Å²) in [6, 6.07) is 6.77. The summed E-state index contributed by atoms with van der Waals surface area (Å²) in [5, 5.41) is 2.95. The molecule has 1 unspecified atom stereocenters. The fourth-order valence-electron chi connectivity index (χ4n) is 4.28. The van der Waals surface area contributed by atoms with E-state index in [0.717, 1.165) is 24.9 Å². The van der Waals surface area contributed by atoms with E-state index >= 15 is 0 Å². The summed E-state index contributed by atoms with van der Waals surface area (Å²) in [4.78, 5) is 13.5. The summed E-state index contributed by atoms with van der Waals surface area (Å²) in [6.45, 7) is 3.37. The Kier molecular flexibility index (Phi) is 5.65. The van der Waals surface area contributed by atoms with Crippen LogP contribution in [0, 0.1) is 17.7 Å². The van der Waals surface area contributed by atoms with Gasteiger partial charge in [0.25, 0.3) is 5.91 Å². The molecule has 126 valence electrons. The number of carbonyl (C=O) groups is 1. The predicted octanol–water partition coefficient (Wildman–Crippen LogP) is 1.58. The van der Waals surface area contributed by atoms with Gasteiger partial charge in [-0.2, -0.15) is 0 Å². The SMILES string of the molecule is O=C(C[NH+]1CC[C@@H]2CCCC[C@@H]2C1)NCCc1ccccc1F. The molecule has 23 heavy (non-hydrogen) atoms. The van der Waals surface area contributed by atoms with Crippen LogP contribution in [0.25, 0.3) is 0 Å². The molecule has 1 saturated carbocycles. The van der Waals surface area contributed by atoms with Crippen molar-refractivity contribution in [1.82, 2.24) is 5.32 Å². The number of piperidine rings is 1. The Morgan fingerprint density at radius 3 is 2.78 bits per heavy atom. The first-order chi connectivity index (χ1) is 11.2. The van der Waals surface area contributed by atoms with E-state index in [0.29, 0.717) is 25.1 Å². The van der Waals surface area contributed by atoms with Crippen molar-refractivity contribution >= 4 is 5.91 Å². The van der Waals surface area contributed by atoms with Crippen molar-refractivity contribution in [2.45, 2.75) is 38.5 Å². The summed E-state index contributed by atoms with van der Waals surface area (Å²) >= 11 is 0. The van der Waals surface area contributed by atoms with Gasteiger partial charge in [-0.3, -0.25) is 4.79 Å². The van der Waals surface area contributed by atoms with E-state index in [2.05, 4.69) is 5.32 Å². The van der Waals surface area contributed by atoms with E-state index in [1.807, 2.05) is 6.07 Å². The van der Waals surface area contributed by atoms with Crippen LogP contribution in [0.15, 0.2) is 24.3 Å². The lowest BCUT2D eigenvalue weighted by molar-refractivity contribution is -0.902. The zero-order chi connectivity index (χ0) is 16.1. The van der Waals surface area contributed by atoms with E-state index < -0.39 is 0 Å². The second kappa shape index (κ2) is 7.91. The van der Waals surface area contributed by atoms with Crippen molar-refractivity contribution in [3.05, 3.63) is 35.6 Å². The van der Waals surface area contributed by atoms with Gasteiger partial charge in [-0.25, -0.2) is 4.39 Å². The van der Waals surface area contributed by atoms with Crippen LogP contribution in [0.4, 0.5) is 4.39 Å². The van der Waals surface area contributed by atoms with Gasteiger partial charge in [0.1, 0.15) is 5.82 Å². The van der Waals surface area contributed by atoms with E-state index in [9.17, 15) is 9.18 Å². The average molecular weight is 319 g/mol. The molecule has 1 aromatic carbocycles. The monoisotopic (exact) mass is 319 g/mol. The maximum absolute atomic E-state index is 13.5. The quantitative estimate of drug-likeness (QED) is 0.849. The second-order valence-electron chi connectivity index (χ2n) is 7.17. The number of amides is 1. The maximum atomic E-state index is 13.5. The van der Waals surface area contributed by atoms with Gasteiger partial charge in [0, 0.05) is 12.5 Å². The van der Waals surface area contributed by atoms with Crippen molar-refractivity contribution in [3.63, 3.8) is 0 Å². The molecule has 1 aliphatic carbocycles. The third-order valence-corrected chi connectivity index (χ3v) is 5.57. The number of quaternary nitrogens is 1. The second-order valence-corrected chi connectivity index (χ2v) is 7.17. The number of nitrogens with one attached hydrogen (secondary N) is 2. The first kappa shape index (κ1) is 16.4. The molecule has 2 aliphatic rings. The van der Waals surface area contributed by atoms with Gasteiger partial charge in [0.05, 0.1) is 13.1 Å². The fourth-order valence-corrected chi connectivity index (χ4v) is 4.28. The number of carbonyl (C=O) groups excluding carboxylic acids is 1. The molecular weight excluding hydrogens is 291 g/mol. The van der Waals surface area contributed by atoms with Crippen molar-refractivity contribution in [1.29, 1.82) is 0 Å². The number of hydrogen-bond acceptors (Lipinski definition) is 1. The molecule has 0 spiro atoms. The fraction of sp³-hybridized carbons (Fsp3) is 0.632. The standard InChI is InChI=1S/C19H27FN2O/c20-18-8-4-3-6-16(18)9-11-21-19(23)14-22-12-10-15-5-1-2-7-17(15)13-22/h3-4,6,8,15,17H,1-2,5,7,9-14H2,(H,21,23)/p+1/t15-,17+/m0/s1. The largest absolute Gasteiger partial charge is 0.351 e. The molecule has 2 fully saturated rings. The Hall–Kier alpha value is -1.42. The molecule has 3 atom stereocenters. The number of rotatable bonds is 5. The highest BCUT2D eigenvalue weighted by Crippen LogP contribution is 2.32. The molecule has 1 aliphatic heterocycles. The van der Waals surface area contributed by atoms with Gasteiger partial charge < -0.3 is 10.2 Å². The Labute approximate surface area is 138 Å². The number of hydrogen-bond donors (Lipinski definition) is 2. The van der Waals surface area contributed by atoms with Crippen molar-refractivity contribution in [2.75, 3.05) is 26.2 Å². The molecule has 1 saturated heterocycles. The van der Waals surface area contributed by atoms with E-state index in [4.69, 9.17) is 0 Å². The lowest BCUT2D eigenvalue weighted by atomic mass is 9.75. The summed E-state index contributed by atoms with van der Waals surface area (Å²) in [6.07, 6.45) is 7.34. The maximum Gasteiger partial charge on any atom is 0.275 e. The molecule has 0 radical (unpaired) electrons. The summed E-state index contributed by atoms with van der Waals surface area (Å²) in [7, 11) is 0. The van der Waals surface area contributed by atoms with E-state index in [1.165, 1.54) is 43.1 Å². The van der Waals surface area contributed by atoms with Gasteiger partial charge in [-0.05, 0) is 43.2 Å². The third kappa shape index (κ3) is 4.54. The Morgan fingerprint density at radius 1 is 1.17 bits per heavy atom. The van der Waals surface area contributed by atoms with E-state index in [-0.39, 0.29) is 11.7 Å². The van der Waals surface area contributed by atoms with Crippen molar-refractivity contribution in [2.24, 2.45) is 11.8 Å². The van der Waals surface area contributed by atoms with Gasteiger partial charge >= 0.3 is 0 Å². The number of halogens is 1. The normalized spacial score (nSPS) is 27.3. The third-order valence-electron chi connectivity index (χ3n) is 5.57. The minimum absolute atomic E-state index is 0.102. The summed E-state index contributed by atoms with van der Waals surface area (Å²) in [5.41, 5.74) is 0.670. The highest BCUT2D eigenvalue weighted by atomic mass is 19.1. The highest BCUT2D eigenvalue weighted by molar-refractivity contribution is 5.76. The lowest BCUT2D eigenvalue weighted by Gasteiger charge is -2.38. The molecule has 1 aromatic rings. The molecule has 1 heterocycles. The zero-order valence-electron chi connectivity index (χ0n) is 13.8. The van der Waals surface area contributed by atoms with Crippen LogP contribution in [0.3, 0.4) is 0 Å². The Morgan fingerprint density at radius 2 is 1.96 bits per heavy atom. The first-order valence-corrected chi connectivity index (χ1v) is 9.06. The first-order valence-electron chi connectivity index (χ1n) is 9.06. The topological polar surface area (TPSA) is 33.5 Å². The van der Waals surface area contributed by atoms with Crippen LogP contribution < -0.4 is 10.2 Å². The van der Waals surface area contributed by atoms with Crippen LogP contribution in [-0.4, -0.2) is 32.1 Å². The zero-order valence-corrected chi connectivity index (χ0v) is 13.8. The Balaban J connectivity index is 1.39. The van der Waals surface area contributed by atoms with Crippen LogP contribution in [0.2, 0.25) is 0 Å². The smallest absolute Gasteiger partial charge is 0.275 e. The molecule has 1 amide bonds. The van der Waals surface area contributed by atoms with Crippen molar-refractivity contribution in [3.8, 4) is 0 Å². The van der Waals surface area contributed by atoms with Crippen LogP contribution in [0.5, 0.6) is 0 Å². The molecule has 2 N–H and O–H groups in total. The Bertz CT molecular complexity index is 534. The number of likely N-dealkylation sites (tertiary alicyclic amines) is 1. The molecule has 4 heteroatoms. The molecular formula is C19H28FN2O+. The number of fused-ring (bicyclic) bond motifs is 1. The lowest BCUT2D eigenvalue weighted by Crippen LogP contribution is -3.15. The van der Waals surface area contributed by atoms with Gasteiger partial charge in [-0.1, -0.05) is 31.0 Å². The van der Waals surface area contributed by atoms with Crippen LogP contribution in [0.1, 0.15) is 37.7 Å². The van der Waals surface area contributed by atoms with E-state index in [1.54, 1.807) is 12.1 Å².